The highest BCUT2D eigenvalue weighted by Crippen LogP contribution is 2.13. The molecule has 6 heteroatoms. The lowest BCUT2D eigenvalue weighted by Gasteiger charge is -2.35. The Bertz CT molecular complexity index is 470. The Morgan fingerprint density at radius 3 is 2.77 bits per heavy atom. The van der Waals surface area contributed by atoms with Gasteiger partial charge in [-0.1, -0.05) is 13.8 Å². The number of aromatic nitrogens is 1. The monoisotopic (exact) mass is 325 g/mol. The number of rotatable bonds is 7. The third-order valence-corrected chi connectivity index (χ3v) is 4.67. The van der Waals surface area contributed by atoms with Crippen molar-refractivity contribution in [3.8, 4) is 0 Å². The Morgan fingerprint density at radius 1 is 1.45 bits per heavy atom. The number of nitrogens with one attached hydrogen (secondary N) is 1. The van der Waals surface area contributed by atoms with Crippen molar-refractivity contribution < 1.29 is 9.53 Å². The first-order chi connectivity index (χ1) is 10.5. The summed E-state index contributed by atoms with van der Waals surface area (Å²) in [5, 5.41) is 6.06. The van der Waals surface area contributed by atoms with Crippen LogP contribution in [0.2, 0.25) is 0 Å². The van der Waals surface area contributed by atoms with Crippen LogP contribution in [-0.4, -0.2) is 54.7 Å². The molecule has 0 bridgehead atoms. The average Bonchev–Trinajstić information content (AvgIpc) is 2.89. The largest absolute Gasteiger partial charge is 0.379 e. The van der Waals surface area contributed by atoms with Crippen molar-refractivity contribution in [2.75, 3.05) is 32.8 Å². The number of ether oxygens (including phenoxy) is 1. The lowest BCUT2D eigenvalue weighted by atomic mass is 10.0. The SMILES string of the molecule is Cc1nc(CC(=O)NCC(CC(C)C)N2CCOCC2)cs1. The number of carbonyl (C=O) groups is 1. The molecule has 1 aromatic heterocycles. The van der Waals surface area contributed by atoms with E-state index in [1.165, 1.54) is 0 Å². The second kappa shape index (κ2) is 8.60. The van der Waals surface area contributed by atoms with Crippen LogP contribution >= 0.6 is 11.3 Å². The molecule has 1 fully saturated rings. The lowest BCUT2D eigenvalue weighted by molar-refractivity contribution is -0.120. The number of nitrogens with zero attached hydrogens (tertiary/aromatic N) is 2. The highest BCUT2D eigenvalue weighted by molar-refractivity contribution is 7.09. The van der Waals surface area contributed by atoms with E-state index in [2.05, 4.69) is 29.0 Å². The van der Waals surface area contributed by atoms with Gasteiger partial charge in [-0.2, -0.15) is 0 Å². The molecule has 1 N–H and O–H groups in total. The number of thiazole rings is 1. The fraction of sp³-hybridized carbons (Fsp3) is 0.750. The molecule has 0 radical (unpaired) electrons. The minimum atomic E-state index is 0.0623. The van der Waals surface area contributed by atoms with Gasteiger partial charge in [0.1, 0.15) is 0 Å². The summed E-state index contributed by atoms with van der Waals surface area (Å²) in [5.41, 5.74) is 0.867. The molecular weight excluding hydrogens is 298 g/mol. The molecule has 1 atom stereocenters. The van der Waals surface area contributed by atoms with Crippen LogP contribution in [0.25, 0.3) is 0 Å². The van der Waals surface area contributed by atoms with Gasteiger partial charge < -0.3 is 10.1 Å². The van der Waals surface area contributed by atoms with Gasteiger partial charge in [0.05, 0.1) is 30.3 Å². The normalized spacial score (nSPS) is 17.6. The third-order valence-electron chi connectivity index (χ3n) is 3.85. The highest BCUT2D eigenvalue weighted by Gasteiger charge is 2.22. The standard InChI is InChI=1S/C16H27N3O2S/c1-12(2)8-15(19-4-6-21-7-5-19)10-17-16(20)9-14-11-22-13(3)18-14/h11-12,15H,4-10H2,1-3H3,(H,17,20). The zero-order valence-electron chi connectivity index (χ0n) is 13.8. The summed E-state index contributed by atoms with van der Waals surface area (Å²) >= 11 is 1.59. The predicted molar refractivity (Wildman–Crippen MR) is 89.2 cm³/mol. The van der Waals surface area contributed by atoms with E-state index < -0.39 is 0 Å². The van der Waals surface area contributed by atoms with Crippen molar-refractivity contribution in [2.45, 2.75) is 39.7 Å². The molecule has 1 amide bonds. The summed E-state index contributed by atoms with van der Waals surface area (Å²) in [5.74, 6) is 0.679. The number of amides is 1. The second-order valence-electron chi connectivity index (χ2n) is 6.27. The van der Waals surface area contributed by atoms with Crippen molar-refractivity contribution in [3.05, 3.63) is 16.1 Å². The fourth-order valence-corrected chi connectivity index (χ4v) is 3.41. The van der Waals surface area contributed by atoms with E-state index >= 15 is 0 Å². The molecule has 22 heavy (non-hydrogen) atoms. The summed E-state index contributed by atoms with van der Waals surface area (Å²) in [6.07, 6.45) is 1.47. The van der Waals surface area contributed by atoms with Crippen LogP contribution in [-0.2, 0) is 16.0 Å². The van der Waals surface area contributed by atoms with E-state index in [1.807, 2.05) is 12.3 Å². The Hall–Kier alpha value is -0.980. The molecule has 2 rings (SSSR count). The summed E-state index contributed by atoms with van der Waals surface area (Å²) in [7, 11) is 0. The van der Waals surface area contributed by atoms with Gasteiger partial charge in [0.25, 0.3) is 0 Å². The summed E-state index contributed by atoms with van der Waals surface area (Å²) in [6, 6.07) is 0.394. The van der Waals surface area contributed by atoms with Crippen LogP contribution in [0.15, 0.2) is 5.38 Å². The molecule has 1 saturated heterocycles. The molecule has 0 aliphatic carbocycles. The van der Waals surface area contributed by atoms with E-state index in [1.54, 1.807) is 11.3 Å². The molecule has 0 aromatic carbocycles. The zero-order valence-corrected chi connectivity index (χ0v) is 14.6. The van der Waals surface area contributed by atoms with E-state index in [-0.39, 0.29) is 5.91 Å². The summed E-state index contributed by atoms with van der Waals surface area (Å²) in [4.78, 5) is 18.9. The molecule has 5 nitrogen and oxygen atoms in total. The zero-order chi connectivity index (χ0) is 15.9. The van der Waals surface area contributed by atoms with Crippen LogP contribution < -0.4 is 5.32 Å². The predicted octanol–water partition coefficient (Wildman–Crippen LogP) is 1.86. The first kappa shape index (κ1) is 17.4. The van der Waals surface area contributed by atoms with Gasteiger partial charge in [-0.3, -0.25) is 9.69 Å². The molecule has 0 spiro atoms. The van der Waals surface area contributed by atoms with Gasteiger partial charge in [0.2, 0.25) is 5.91 Å². The Kier molecular flexibility index (Phi) is 6.79. The first-order valence-corrected chi connectivity index (χ1v) is 8.92. The van der Waals surface area contributed by atoms with Crippen LogP contribution in [0.1, 0.15) is 31.0 Å². The lowest BCUT2D eigenvalue weighted by Crippen LogP contribution is -2.49. The average molecular weight is 325 g/mol. The fourth-order valence-electron chi connectivity index (χ4n) is 2.80. The van der Waals surface area contributed by atoms with Crippen molar-refractivity contribution in [1.29, 1.82) is 0 Å². The number of aryl methyl sites for hydroxylation is 1. The third kappa shape index (κ3) is 5.66. The summed E-state index contributed by atoms with van der Waals surface area (Å²) in [6.45, 7) is 10.6. The quantitative estimate of drug-likeness (QED) is 0.831. The topological polar surface area (TPSA) is 54.5 Å². The molecule has 1 unspecified atom stereocenters. The minimum absolute atomic E-state index is 0.0623. The number of morpholine rings is 1. The highest BCUT2D eigenvalue weighted by atomic mass is 32.1. The molecular formula is C16H27N3O2S. The minimum Gasteiger partial charge on any atom is -0.379 e. The van der Waals surface area contributed by atoms with Gasteiger partial charge in [-0.15, -0.1) is 11.3 Å². The van der Waals surface area contributed by atoms with Crippen molar-refractivity contribution >= 4 is 17.2 Å². The van der Waals surface area contributed by atoms with Crippen molar-refractivity contribution in [3.63, 3.8) is 0 Å². The van der Waals surface area contributed by atoms with Gasteiger partial charge in [0.15, 0.2) is 0 Å². The van der Waals surface area contributed by atoms with Crippen molar-refractivity contribution in [2.24, 2.45) is 5.92 Å². The smallest absolute Gasteiger partial charge is 0.226 e. The second-order valence-corrected chi connectivity index (χ2v) is 7.33. The maximum Gasteiger partial charge on any atom is 0.226 e. The van der Waals surface area contributed by atoms with Crippen LogP contribution in [0.3, 0.4) is 0 Å². The van der Waals surface area contributed by atoms with Gasteiger partial charge in [0, 0.05) is 31.1 Å². The first-order valence-electron chi connectivity index (χ1n) is 8.04. The van der Waals surface area contributed by atoms with E-state index in [9.17, 15) is 4.79 Å². The van der Waals surface area contributed by atoms with Gasteiger partial charge in [-0.25, -0.2) is 4.98 Å². The molecule has 0 saturated carbocycles. The van der Waals surface area contributed by atoms with Gasteiger partial charge in [-0.05, 0) is 19.3 Å². The van der Waals surface area contributed by atoms with E-state index in [0.717, 1.165) is 43.4 Å². The number of carbonyl (C=O) groups excluding carboxylic acids is 1. The van der Waals surface area contributed by atoms with Gasteiger partial charge >= 0.3 is 0 Å². The maximum atomic E-state index is 12.1. The molecule has 1 aromatic rings. The van der Waals surface area contributed by atoms with Crippen LogP contribution in [0, 0.1) is 12.8 Å². The van der Waals surface area contributed by atoms with Crippen molar-refractivity contribution in [1.82, 2.24) is 15.2 Å². The number of hydrogen-bond donors (Lipinski definition) is 1. The molecule has 124 valence electrons. The molecule has 1 aliphatic heterocycles. The Balaban J connectivity index is 1.82. The molecule has 1 aliphatic rings. The maximum absolute atomic E-state index is 12.1. The summed E-state index contributed by atoms with van der Waals surface area (Å²) < 4.78 is 5.43. The van der Waals surface area contributed by atoms with Crippen LogP contribution in [0.5, 0.6) is 0 Å². The van der Waals surface area contributed by atoms with E-state index in [4.69, 9.17) is 4.74 Å². The Morgan fingerprint density at radius 2 is 2.18 bits per heavy atom. The number of hydrogen-bond acceptors (Lipinski definition) is 5. The van der Waals surface area contributed by atoms with Crippen LogP contribution in [0.4, 0.5) is 0 Å². The van der Waals surface area contributed by atoms with E-state index in [0.29, 0.717) is 24.9 Å². The molecule has 2 heterocycles. The Labute approximate surface area is 137 Å².